The SMILES string of the molecule is COC(=O)COC1=CC[CH]C=C1C12CC3CC(CC(C3)C1)C2. The molecular weight excluding hydrogens is 276 g/mol. The summed E-state index contributed by atoms with van der Waals surface area (Å²) in [5, 5.41) is 0. The fourth-order valence-electron chi connectivity index (χ4n) is 5.76. The van der Waals surface area contributed by atoms with Crippen LogP contribution in [0.5, 0.6) is 0 Å². The molecule has 119 valence electrons. The number of allylic oxidation sites excluding steroid dienone is 3. The second kappa shape index (κ2) is 5.43. The van der Waals surface area contributed by atoms with Crippen molar-refractivity contribution >= 4 is 5.97 Å². The fourth-order valence-corrected chi connectivity index (χ4v) is 5.76. The Morgan fingerprint density at radius 3 is 2.41 bits per heavy atom. The maximum absolute atomic E-state index is 11.4. The number of hydrogen-bond donors (Lipinski definition) is 0. The van der Waals surface area contributed by atoms with E-state index in [2.05, 4.69) is 18.6 Å². The summed E-state index contributed by atoms with van der Waals surface area (Å²) < 4.78 is 10.5. The number of ether oxygens (including phenoxy) is 2. The third-order valence-electron chi connectivity index (χ3n) is 6.17. The van der Waals surface area contributed by atoms with Crippen LogP contribution >= 0.6 is 0 Å². The molecule has 0 amide bonds. The zero-order valence-electron chi connectivity index (χ0n) is 13.3. The quantitative estimate of drug-likeness (QED) is 0.741. The molecule has 0 aromatic rings. The van der Waals surface area contributed by atoms with Crippen molar-refractivity contribution in [2.75, 3.05) is 13.7 Å². The molecule has 22 heavy (non-hydrogen) atoms. The van der Waals surface area contributed by atoms with Gasteiger partial charge in [-0.3, -0.25) is 0 Å². The van der Waals surface area contributed by atoms with Crippen molar-refractivity contribution in [3.63, 3.8) is 0 Å². The molecule has 5 aliphatic carbocycles. The maximum Gasteiger partial charge on any atom is 0.343 e. The summed E-state index contributed by atoms with van der Waals surface area (Å²) in [7, 11) is 1.41. The van der Waals surface area contributed by atoms with E-state index in [0.717, 1.165) is 29.9 Å². The van der Waals surface area contributed by atoms with Gasteiger partial charge in [0, 0.05) is 0 Å². The maximum atomic E-state index is 11.4. The Hall–Kier alpha value is -1.25. The standard InChI is InChI=1S/C19H25O3/c1-21-18(20)12-22-17-5-3-2-4-16(17)19-9-13-6-14(10-19)8-15(7-13)11-19/h2,4-5,13-15H,3,6-12H2,1H3. The molecule has 4 saturated carbocycles. The molecule has 0 N–H and O–H groups in total. The van der Waals surface area contributed by atoms with Crippen LogP contribution < -0.4 is 0 Å². The number of rotatable bonds is 4. The molecule has 0 spiro atoms. The molecule has 4 bridgehead atoms. The lowest BCUT2D eigenvalue weighted by atomic mass is 9.47. The first-order chi connectivity index (χ1) is 10.7. The van der Waals surface area contributed by atoms with Gasteiger partial charge in [0.25, 0.3) is 0 Å². The first-order valence-corrected chi connectivity index (χ1v) is 8.62. The zero-order chi connectivity index (χ0) is 15.2. The first kappa shape index (κ1) is 14.3. The molecule has 0 atom stereocenters. The lowest BCUT2D eigenvalue weighted by molar-refractivity contribution is -0.144. The predicted octanol–water partition coefficient (Wildman–Crippen LogP) is 3.81. The van der Waals surface area contributed by atoms with E-state index in [4.69, 9.17) is 9.47 Å². The molecule has 5 aliphatic rings. The lowest BCUT2D eigenvalue weighted by Crippen LogP contribution is -2.47. The van der Waals surface area contributed by atoms with Crippen molar-refractivity contribution in [2.24, 2.45) is 23.2 Å². The van der Waals surface area contributed by atoms with Crippen molar-refractivity contribution in [2.45, 2.75) is 44.9 Å². The van der Waals surface area contributed by atoms with E-state index in [0.29, 0.717) is 5.41 Å². The molecule has 0 aliphatic heterocycles. The Morgan fingerprint density at radius 2 is 1.82 bits per heavy atom. The minimum atomic E-state index is -0.305. The molecule has 0 unspecified atom stereocenters. The Balaban J connectivity index is 1.56. The number of methoxy groups -OCH3 is 1. The highest BCUT2D eigenvalue weighted by Gasteiger charge is 2.53. The van der Waals surface area contributed by atoms with Gasteiger partial charge in [0.05, 0.1) is 7.11 Å². The highest BCUT2D eigenvalue weighted by Crippen LogP contribution is 2.64. The second-order valence-electron chi connectivity index (χ2n) is 7.68. The van der Waals surface area contributed by atoms with Crippen molar-refractivity contribution in [1.29, 1.82) is 0 Å². The Kier molecular flexibility index (Phi) is 3.54. The van der Waals surface area contributed by atoms with E-state index >= 15 is 0 Å². The molecule has 3 heteroatoms. The van der Waals surface area contributed by atoms with Gasteiger partial charge in [0.1, 0.15) is 5.76 Å². The van der Waals surface area contributed by atoms with E-state index in [-0.39, 0.29) is 12.6 Å². The smallest absolute Gasteiger partial charge is 0.343 e. The van der Waals surface area contributed by atoms with Gasteiger partial charge < -0.3 is 9.47 Å². The summed E-state index contributed by atoms with van der Waals surface area (Å²) in [5.41, 5.74) is 1.68. The Bertz CT molecular complexity index is 494. The van der Waals surface area contributed by atoms with E-state index < -0.39 is 0 Å². The molecule has 4 fully saturated rings. The van der Waals surface area contributed by atoms with E-state index in [1.54, 1.807) is 0 Å². The van der Waals surface area contributed by atoms with Crippen LogP contribution in [-0.4, -0.2) is 19.7 Å². The van der Waals surface area contributed by atoms with Crippen molar-refractivity contribution in [1.82, 2.24) is 0 Å². The Morgan fingerprint density at radius 1 is 1.18 bits per heavy atom. The summed E-state index contributed by atoms with van der Waals surface area (Å²) in [6.07, 6.45) is 15.8. The van der Waals surface area contributed by atoms with Gasteiger partial charge in [0.15, 0.2) is 6.61 Å². The largest absolute Gasteiger partial charge is 0.482 e. The van der Waals surface area contributed by atoms with Gasteiger partial charge in [-0.25, -0.2) is 4.79 Å². The topological polar surface area (TPSA) is 35.5 Å². The van der Waals surface area contributed by atoms with E-state index in [1.165, 1.54) is 51.2 Å². The van der Waals surface area contributed by atoms with Crippen LogP contribution in [0.4, 0.5) is 0 Å². The van der Waals surface area contributed by atoms with Crippen molar-refractivity contribution in [3.05, 3.63) is 29.9 Å². The number of carbonyl (C=O) groups is 1. The average molecular weight is 301 g/mol. The van der Waals surface area contributed by atoms with Gasteiger partial charge in [0.2, 0.25) is 0 Å². The highest BCUT2D eigenvalue weighted by molar-refractivity contribution is 5.70. The normalized spacial score (nSPS) is 39.2. The predicted molar refractivity (Wildman–Crippen MR) is 83.7 cm³/mol. The van der Waals surface area contributed by atoms with Gasteiger partial charge in [-0.1, -0.05) is 6.08 Å². The number of hydrogen-bond acceptors (Lipinski definition) is 3. The van der Waals surface area contributed by atoms with Crippen molar-refractivity contribution in [3.8, 4) is 0 Å². The third-order valence-corrected chi connectivity index (χ3v) is 6.17. The van der Waals surface area contributed by atoms with Crippen LogP contribution in [0.25, 0.3) is 0 Å². The lowest BCUT2D eigenvalue weighted by Gasteiger charge is -2.58. The van der Waals surface area contributed by atoms with Gasteiger partial charge in [-0.2, -0.15) is 0 Å². The fraction of sp³-hybridized carbons (Fsp3) is 0.684. The van der Waals surface area contributed by atoms with Crippen LogP contribution in [0.2, 0.25) is 0 Å². The molecule has 0 aromatic heterocycles. The van der Waals surface area contributed by atoms with Gasteiger partial charge in [-0.05, 0) is 86.2 Å². The molecular formula is C19H25O3. The summed E-state index contributed by atoms with van der Waals surface area (Å²) in [6, 6.07) is 0. The molecule has 1 radical (unpaired) electrons. The zero-order valence-corrected chi connectivity index (χ0v) is 13.3. The molecule has 0 heterocycles. The minimum absolute atomic E-state index is 0.0199. The summed E-state index contributed by atoms with van der Waals surface area (Å²) >= 11 is 0. The average Bonchev–Trinajstić information content (AvgIpc) is 2.51. The Labute approximate surface area is 132 Å². The van der Waals surface area contributed by atoms with Crippen LogP contribution in [-0.2, 0) is 14.3 Å². The molecule has 0 saturated heterocycles. The molecule has 5 rings (SSSR count). The van der Waals surface area contributed by atoms with Gasteiger partial charge in [-0.15, -0.1) is 0 Å². The van der Waals surface area contributed by atoms with Crippen LogP contribution in [0.15, 0.2) is 23.5 Å². The van der Waals surface area contributed by atoms with Crippen LogP contribution in [0.1, 0.15) is 44.9 Å². The first-order valence-electron chi connectivity index (χ1n) is 8.62. The van der Waals surface area contributed by atoms with Crippen molar-refractivity contribution < 1.29 is 14.3 Å². The van der Waals surface area contributed by atoms with Crippen LogP contribution in [0.3, 0.4) is 0 Å². The monoisotopic (exact) mass is 301 g/mol. The second-order valence-corrected chi connectivity index (χ2v) is 7.68. The number of esters is 1. The highest BCUT2D eigenvalue weighted by atomic mass is 16.6. The van der Waals surface area contributed by atoms with Gasteiger partial charge >= 0.3 is 5.97 Å². The van der Waals surface area contributed by atoms with E-state index in [9.17, 15) is 4.79 Å². The van der Waals surface area contributed by atoms with E-state index in [1.807, 2.05) is 0 Å². The number of carbonyl (C=O) groups excluding carboxylic acids is 1. The summed E-state index contributed by atoms with van der Waals surface area (Å²) in [5.74, 6) is 3.37. The summed E-state index contributed by atoms with van der Waals surface area (Å²) in [4.78, 5) is 11.4. The summed E-state index contributed by atoms with van der Waals surface area (Å²) in [6.45, 7) is 0.0199. The third kappa shape index (κ3) is 2.39. The minimum Gasteiger partial charge on any atom is -0.482 e. The van der Waals surface area contributed by atoms with Crippen LogP contribution in [0, 0.1) is 29.6 Å². The molecule has 3 nitrogen and oxygen atoms in total. The molecule has 0 aromatic carbocycles.